The molecule has 2 rings (SSSR count). The van der Waals surface area contributed by atoms with Gasteiger partial charge in [0, 0.05) is 4.47 Å². The van der Waals surface area contributed by atoms with Crippen molar-refractivity contribution in [2.75, 3.05) is 5.32 Å². The van der Waals surface area contributed by atoms with Gasteiger partial charge in [0.1, 0.15) is 23.0 Å². The number of carboxylic acid groups (broad SMARTS) is 1. The number of hydrogen-bond donors (Lipinski definition) is 2. The number of halogens is 3. The summed E-state index contributed by atoms with van der Waals surface area (Å²) in [6.45, 7) is 0. The summed E-state index contributed by atoms with van der Waals surface area (Å²) in [4.78, 5) is 14.6. The minimum absolute atomic E-state index is 0.0693. The largest absolute Gasteiger partial charge is 0.478 e. The number of anilines is 2. The van der Waals surface area contributed by atoms with E-state index in [2.05, 4.69) is 26.2 Å². The minimum atomic E-state index is -1.33. The highest BCUT2D eigenvalue weighted by Gasteiger charge is 2.14. The minimum Gasteiger partial charge on any atom is -0.478 e. The van der Waals surface area contributed by atoms with Crippen LogP contribution in [-0.4, -0.2) is 16.1 Å². The van der Waals surface area contributed by atoms with Gasteiger partial charge in [0.05, 0.1) is 11.9 Å². The molecule has 98 valence electrons. The van der Waals surface area contributed by atoms with E-state index in [4.69, 9.17) is 5.11 Å². The summed E-state index contributed by atoms with van der Waals surface area (Å²) in [6.07, 6.45) is 0.877. The highest BCUT2D eigenvalue weighted by atomic mass is 79.9. The Morgan fingerprint density at radius 2 is 2.00 bits per heavy atom. The van der Waals surface area contributed by atoms with Gasteiger partial charge in [0.2, 0.25) is 0 Å². The van der Waals surface area contributed by atoms with Gasteiger partial charge in [-0.1, -0.05) is 0 Å². The fraction of sp³-hybridized carbons (Fsp3) is 0. The molecule has 0 aliphatic carbocycles. The molecule has 1 aromatic heterocycles. The molecule has 7 heteroatoms. The number of pyridine rings is 1. The van der Waals surface area contributed by atoms with Crippen molar-refractivity contribution < 1.29 is 18.7 Å². The van der Waals surface area contributed by atoms with Crippen LogP contribution in [0.1, 0.15) is 10.4 Å². The third-order valence-electron chi connectivity index (χ3n) is 2.27. The Balaban J connectivity index is 2.43. The fourth-order valence-corrected chi connectivity index (χ4v) is 1.77. The number of carbonyl (C=O) groups is 1. The van der Waals surface area contributed by atoms with Crippen molar-refractivity contribution in [3.63, 3.8) is 0 Å². The first kappa shape index (κ1) is 13.4. The molecule has 1 aromatic carbocycles. The van der Waals surface area contributed by atoms with Crippen LogP contribution in [-0.2, 0) is 0 Å². The van der Waals surface area contributed by atoms with Crippen molar-refractivity contribution in [1.82, 2.24) is 4.98 Å². The van der Waals surface area contributed by atoms with Gasteiger partial charge in [-0.05, 0) is 40.2 Å². The Kier molecular flexibility index (Phi) is 3.75. The maximum absolute atomic E-state index is 13.1. The summed E-state index contributed by atoms with van der Waals surface area (Å²) in [7, 11) is 0. The lowest BCUT2D eigenvalue weighted by atomic mass is 10.2. The van der Waals surface area contributed by atoms with Gasteiger partial charge in [-0.2, -0.15) is 0 Å². The summed E-state index contributed by atoms with van der Waals surface area (Å²) in [6, 6.07) is 4.71. The second-order valence-electron chi connectivity index (χ2n) is 3.60. The average Bonchev–Trinajstić information content (AvgIpc) is 2.35. The number of aromatic nitrogens is 1. The number of nitrogens with zero attached hydrogens (tertiary/aromatic N) is 1. The monoisotopic (exact) mass is 328 g/mol. The van der Waals surface area contributed by atoms with E-state index in [1.807, 2.05) is 0 Å². The Labute approximate surface area is 115 Å². The van der Waals surface area contributed by atoms with Crippen molar-refractivity contribution in [2.45, 2.75) is 0 Å². The van der Waals surface area contributed by atoms with E-state index in [9.17, 15) is 13.6 Å². The maximum Gasteiger partial charge on any atom is 0.339 e. The SMILES string of the molecule is O=C(O)c1cc(F)cnc1Nc1cc(F)ccc1Br. The van der Waals surface area contributed by atoms with Gasteiger partial charge < -0.3 is 10.4 Å². The van der Waals surface area contributed by atoms with Crippen molar-refractivity contribution >= 4 is 33.4 Å². The topological polar surface area (TPSA) is 62.2 Å². The third-order valence-corrected chi connectivity index (χ3v) is 2.96. The number of carboxylic acids is 1. The van der Waals surface area contributed by atoms with Crippen LogP contribution in [0.5, 0.6) is 0 Å². The zero-order valence-electron chi connectivity index (χ0n) is 9.32. The fourth-order valence-electron chi connectivity index (χ4n) is 1.42. The molecule has 0 unspecified atom stereocenters. The standard InChI is InChI=1S/C12H7BrF2N2O2/c13-9-2-1-6(14)4-10(9)17-11-8(12(18)19)3-7(15)5-16-11/h1-5H,(H,16,17)(H,18,19). The van der Waals surface area contributed by atoms with Gasteiger partial charge in [-0.15, -0.1) is 0 Å². The Hall–Kier alpha value is -2.02. The predicted octanol–water partition coefficient (Wildman–Crippen LogP) is 3.56. The Morgan fingerprint density at radius 1 is 1.26 bits per heavy atom. The summed E-state index contributed by atoms with van der Waals surface area (Å²) >= 11 is 3.19. The second kappa shape index (κ2) is 5.31. The molecule has 0 spiro atoms. The number of benzene rings is 1. The first-order chi connectivity index (χ1) is 8.97. The van der Waals surface area contributed by atoms with Gasteiger partial charge in [0.25, 0.3) is 0 Å². The predicted molar refractivity (Wildman–Crippen MR) is 68.5 cm³/mol. The number of nitrogens with one attached hydrogen (secondary N) is 1. The first-order valence-corrected chi connectivity index (χ1v) is 5.87. The summed E-state index contributed by atoms with van der Waals surface area (Å²) in [5.74, 6) is -2.66. The maximum atomic E-state index is 13.1. The van der Waals surface area contributed by atoms with Crippen LogP contribution in [0.15, 0.2) is 34.9 Å². The molecule has 19 heavy (non-hydrogen) atoms. The molecule has 0 amide bonds. The second-order valence-corrected chi connectivity index (χ2v) is 4.46. The molecule has 0 aliphatic heterocycles. The number of hydrogen-bond acceptors (Lipinski definition) is 3. The van der Waals surface area contributed by atoms with Crippen molar-refractivity contribution in [1.29, 1.82) is 0 Å². The third kappa shape index (κ3) is 3.05. The highest BCUT2D eigenvalue weighted by Crippen LogP contribution is 2.27. The van der Waals surface area contributed by atoms with E-state index in [0.29, 0.717) is 10.2 Å². The van der Waals surface area contributed by atoms with Crippen molar-refractivity contribution in [3.8, 4) is 0 Å². The van der Waals surface area contributed by atoms with Crippen LogP contribution >= 0.6 is 15.9 Å². The normalized spacial score (nSPS) is 10.3. The molecule has 0 fully saturated rings. The molecule has 0 saturated heterocycles. The lowest BCUT2D eigenvalue weighted by Gasteiger charge is -2.10. The molecular weight excluding hydrogens is 322 g/mol. The van der Waals surface area contributed by atoms with Crippen LogP contribution in [0.3, 0.4) is 0 Å². The van der Waals surface area contributed by atoms with E-state index in [0.717, 1.165) is 12.3 Å². The van der Waals surface area contributed by atoms with E-state index in [1.54, 1.807) is 0 Å². The molecule has 0 aliphatic rings. The summed E-state index contributed by atoms with van der Waals surface area (Å²) < 4.78 is 26.6. The molecule has 0 saturated carbocycles. The number of aromatic carboxylic acids is 1. The lowest BCUT2D eigenvalue weighted by Crippen LogP contribution is -2.06. The lowest BCUT2D eigenvalue weighted by molar-refractivity contribution is 0.0697. The van der Waals surface area contributed by atoms with Gasteiger partial charge in [-0.25, -0.2) is 18.6 Å². The summed E-state index contributed by atoms with van der Waals surface area (Å²) in [5, 5.41) is 11.6. The molecule has 2 aromatic rings. The molecule has 4 nitrogen and oxygen atoms in total. The Bertz CT molecular complexity index is 650. The van der Waals surface area contributed by atoms with Crippen LogP contribution in [0.2, 0.25) is 0 Å². The molecule has 1 heterocycles. The van der Waals surface area contributed by atoms with Gasteiger partial charge in [-0.3, -0.25) is 0 Å². The average molecular weight is 329 g/mol. The first-order valence-electron chi connectivity index (χ1n) is 5.08. The van der Waals surface area contributed by atoms with E-state index >= 15 is 0 Å². The quantitative estimate of drug-likeness (QED) is 0.904. The molecule has 0 radical (unpaired) electrons. The zero-order valence-corrected chi connectivity index (χ0v) is 10.9. The van der Waals surface area contributed by atoms with Crippen LogP contribution in [0.25, 0.3) is 0 Å². The van der Waals surface area contributed by atoms with Crippen molar-refractivity contribution in [2.24, 2.45) is 0 Å². The van der Waals surface area contributed by atoms with Crippen LogP contribution in [0.4, 0.5) is 20.3 Å². The van der Waals surface area contributed by atoms with Gasteiger partial charge in [0.15, 0.2) is 0 Å². The van der Waals surface area contributed by atoms with Crippen LogP contribution < -0.4 is 5.32 Å². The van der Waals surface area contributed by atoms with E-state index in [1.165, 1.54) is 18.2 Å². The van der Waals surface area contributed by atoms with Gasteiger partial charge >= 0.3 is 5.97 Å². The molecular formula is C12H7BrF2N2O2. The Morgan fingerprint density at radius 3 is 2.68 bits per heavy atom. The molecule has 2 N–H and O–H groups in total. The van der Waals surface area contributed by atoms with Crippen LogP contribution in [0, 0.1) is 11.6 Å². The molecule has 0 bridgehead atoms. The summed E-state index contributed by atoms with van der Waals surface area (Å²) in [5.41, 5.74) is -0.0437. The zero-order chi connectivity index (χ0) is 14.0. The highest BCUT2D eigenvalue weighted by molar-refractivity contribution is 9.10. The number of rotatable bonds is 3. The van der Waals surface area contributed by atoms with Crippen molar-refractivity contribution in [3.05, 3.63) is 52.1 Å². The van der Waals surface area contributed by atoms with E-state index < -0.39 is 17.6 Å². The smallest absolute Gasteiger partial charge is 0.339 e. The van der Waals surface area contributed by atoms with E-state index in [-0.39, 0.29) is 11.4 Å². The molecule has 0 atom stereocenters.